The van der Waals surface area contributed by atoms with Crippen LogP contribution in [-0.2, 0) is 14.8 Å². The van der Waals surface area contributed by atoms with Crippen molar-refractivity contribution in [3.63, 3.8) is 0 Å². The van der Waals surface area contributed by atoms with Crippen molar-refractivity contribution in [1.29, 1.82) is 0 Å². The van der Waals surface area contributed by atoms with E-state index in [0.717, 1.165) is 20.2 Å². The number of benzene rings is 2. The highest BCUT2D eigenvalue weighted by atomic mass is 32.2. The molecule has 2 rings (SSSR count). The summed E-state index contributed by atoms with van der Waals surface area (Å²) >= 11 is 1.51. The summed E-state index contributed by atoms with van der Waals surface area (Å²) in [5, 5.41) is 3.85. The second-order valence-corrected chi connectivity index (χ2v) is 8.04. The van der Waals surface area contributed by atoms with Crippen LogP contribution >= 0.6 is 11.8 Å². The molecule has 1 N–H and O–H groups in total. The zero-order valence-electron chi connectivity index (χ0n) is 14.0. The first-order chi connectivity index (χ1) is 11.9. The Morgan fingerprint density at radius 2 is 1.76 bits per heavy atom. The molecular formula is C18H20N2O3S2. The molecule has 7 heteroatoms. The third kappa shape index (κ3) is 5.74. The average Bonchev–Trinajstić information content (AvgIpc) is 2.61. The quantitative estimate of drug-likeness (QED) is 0.753. The van der Waals surface area contributed by atoms with Gasteiger partial charge < -0.3 is 5.32 Å². The molecule has 0 spiro atoms. The summed E-state index contributed by atoms with van der Waals surface area (Å²) in [6.07, 6.45) is 3.42. The minimum Gasteiger partial charge on any atom is -0.324 e. The van der Waals surface area contributed by atoms with Gasteiger partial charge in [0.2, 0.25) is 15.9 Å². The van der Waals surface area contributed by atoms with E-state index in [1.807, 2.05) is 42.7 Å². The maximum Gasteiger partial charge on any atom is 0.239 e. The Balaban J connectivity index is 2.01. The SMILES string of the molecule is CSc1ccccc1NC(=O)CN(C)S(=O)(=O)/C=C/c1ccccc1. The van der Waals surface area contributed by atoms with Crippen molar-refractivity contribution >= 4 is 39.5 Å². The van der Waals surface area contributed by atoms with E-state index in [0.29, 0.717) is 5.69 Å². The molecule has 0 radical (unpaired) electrons. The van der Waals surface area contributed by atoms with Gasteiger partial charge >= 0.3 is 0 Å². The number of carbonyl (C=O) groups excluding carboxylic acids is 1. The smallest absolute Gasteiger partial charge is 0.239 e. The number of rotatable bonds is 7. The van der Waals surface area contributed by atoms with Gasteiger partial charge in [-0.25, -0.2) is 8.42 Å². The van der Waals surface area contributed by atoms with Crippen molar-refractivity contribution in [3.05, 3.63) is 65.6 Å². The largest absolute Gasteiger partial charge is 0.324 e. The summed E-state index contributed by atoms with van der Waals surface area (Å²) in [7, 11) is -2.30. The summed E-state index contributed by atoms with van der Waals surface area (Å²) < 4.78 is 25.6. The molecule has 2 aromatic rings. The fraction of sp³-hybridized carbons (Fsp3) is 0.167. The van der Waals surface area contributed by atoms with Crippen LogP contribution in [0.15, 0.2) is 64.9 Å². The van der Waals surface area contributed by atoms with Crippen molar-refractivity contribution in [2.45, 2.75) is 4.90 Å². The van der Waals surface area contributed by atoms with Gasteiger partial charge in [0.15, 0.2) is 0 Å². The number of likely N-dealkylation sites (N-methyl/N-ethyl adjacent to an activating group) is 1. The zero-order valence-corrected chi connectivity index (χ0v) is 15.7. The first-order valence-electron chi connectivity index (χ1n) is 7.55. The molecule has 0 fully saturated rings. The fourth-order valence-electron chi connectivity index (χ4n) is 2.06. The van der Waals surface area contributed by atoms with Gasteiger partial charge in [0.1, 0.15) is 0 Å². The molecule has 5 nitrogen and oxygen atoms in total. The number of hydrogen-bond donors (Lipinski definition) is 1. The number of hydrogen-bond acceptors (Lipinski definition) is 4. The average molecular weight is 377 g/mol. The molecule has 0 bridgehead atoms. The summed E-state index contributed by atoms with van der Waals surface area (Å²) in [6.45, 7) is -0.260. The Kier molecular flexibility index (Phi) is 6.81. The van der Waals surface area contributed by atoms with Crippen molar-refractivity contribution in [3.8, 4) is 0 Å². The molecular weight excluding hydrogens is 356 g/mol. The fourth-order valence-corrected chi connectivity index (χ4v) is 3.45. The molecule has 1 amide bonds. The molecule has 0 saturated carbocycles. The summed E-state index contributed by atoms with van der Waals surface area (Å²) in [6, 6.07) is 16.5. The van der Waals surface area contributed by atoms with Gasteiger partial charge in [0.25, 0.3) is 0 Å². The molecule has 25 heavy (non-hydrogen) atoms. The van der Waals surface area contributed by atoms with Crippen molar-refractivity contribution < 1.29 is 13.2 Å². The molecule has 0 atom stereocenters. The highest BCUT2D eigenvalue weighted by Gasteiger charge is 2.18. The molecule has 132 valence electrons. The first kappa shape index (κ1) is 19.2. The van der Waals surface area contributed by atoms with E-state index in [2.05, 4.69) is 5.32 Å². The van der Waals surface area contributed by atoms with Crippen LogP contribution in [0.2, 0.25) is 0 Å². The summed E-state index contributed by atoms with van der Waals surface area (Å²) in [5.74, 6) is -0.388. The third-order valence-electron chi connectivity index (χ3n) is 3.41. The van der Waals surface area contributed by atoms with Gasteiger partial charge in [0, 0.05) is 17.4 Å². The van der Waals surface area contributed by atoms with Gasteiger partial charge in [0.05, 0.1) is 12.2 Å². The lowest BCUT2D eigenvalue weighted by molar-refractivity contribution is -0.116. The predicted octanol–water partition coefficient (Wildman–Crippen LogP) is 3.28. The van der Waals surface area contributed by atoms with Crippen LogP contribution in [0.4, 0.5) is 5.69 Å². The first-order valence-corrected chi connectivity index (χ1v) is 10.3. The zero-order chi connectivity index (χ0) is 18.3. The normalized spacial score (nSPS) is 11.8. The molecule has 2 aromatic carbocycles. The van der Waals surface area contributed by atoms with Gasteiger partial charge in [-0.15, -0.1) is 11.8 Å². The predicted molar refractivity (Wildman–Crippen MR) is 104 cm³/mol. The van der Waals surface area contributed by atoms with Crippen LogP contribution in [0, 0.1) is 0 Å². The van der Waals surface area contributed by atoms with Crippen molar-refractivity contribution in [2.75, 3.05) is 25.2 Å². The Bertz CT molecular complexity index is 850. The Labute approximate surface area is 152 Å². The van der Waals surface area contributed by atoms with E-state index < -0.39 is 10.0 Å². The monoisotopic (exact) mass is 376 g/mol. The van der Waals surface area contributed by atoms with Crippen LogP contribution in [0.3, 0.4) is 0 Å². The van der Waals surface area contributed by atoms with Crippen LogP contribution in [0.1, 0.15) is 5.56 Å². The molecule has 0 unspecified atom stereocenters. The van der Waals surface area contributed by atoms with E-state index in [1.54, 1.807) is 18.2 Å². The van der Waals surface area contributed by atoms with Crippen LogP contribution in [-0.4, -0.2) is 38.5 Å². The molecule has 0 heterocycles. The number of sulfonamides is 1. The second kappa shape index (κ2) is 8.84. The lowest BCUT2D eigenvalue weighted by Crippen LogP contribution is -2.33. The molecule has 0 saturated heterocycles. The van der Waals surface area contributed by atoms with E-state index >= 15 is 0 Å². The summed E-state index contributed by atoms with van der Waals surface area (Å²) in [4.78, 5) is 13.1. The molecule has 0 aliphatic carbocycles. The van der Waals surface area contributed by atoms with E-state index in [-0.39, 0.29) is 12.5 Å². The molecule has 0 aliphatic heterocycles. The van der Waals surface area contributed by atoms with Gasteiger partial charge in [-0.3, -0.25) is 4.79 Å². The Morgan fingerprint density at radius 3 is 2.44 bits per heavy atom. The van der Waals surface area contributed by atoms with Crippen molar-refractivity contribution in [1.82, 2.24) is 4.31 Å². The Morgan fingerprint density at radius 1 is 1.12 bits per heavy atom. The number of nitrogens with zero attached hydrogens (tertiary/aromatic N) is 1. The number of anilines is 1. The minimum atomic E-state index is -3.67. The Hall–Kier alpha value is -2.09. The molecule has 0 aliphatic rings. The maximum absolute atomic E-state index is 12.3. The number of thioether (sulfide) groups is 1. The van der Waals surface area contributed by atoms with Gasteiger partial charge in [-0.1, -0.05) is 42.5 Å². The van der Waals surface area contributed by atoms with Crippen molar-refractivity contribution in [2.24, 2.45) is 0 Å². The summed E-state index contributed by atoms with van der Waals surface area (Å²) in [5.41, 5.74) is 1.45. The van der Waals surface area contributed by atoms with Crippen LogP contribution in [0.25, 0.3) is 6.08 Å². The van der Waals surface area contributed by atoms with E-state index in [1.165, 1.54) is 24.9 Å². The molecule has 0 aromatic heterocycles. The highest BCUT2D eigenvalue weighted by Crippen LogP contribution is 2.24. The number of amides is 1. The topological polar surface area (TPSA) is 66.5 Å². The van der Waals surface area contributed by atoms with Crippen LogP contribution < -0.4 is 5.32 Å². The lowest BCUT2D eigenvalue weighted by atomic mass is 10.2. The van der Waals surface area contributed by atoms with Gasteiger partial charge in [-0.2, -0.15) is 4.31 Å². The van der Waals surface area contributed by atoms with E-state index in [9.17, 15) is 13.2 Å². The maximum atomic E-state index is 12.3. The number of nitrogens with one attached hydrogen (secondary N) is 1. The highest BCUT2D eigenvalue weighted by molar-refractivity contribution is 7.98. The number of para-hydroxylation sites is 1. The third-order valence-corrected chi connectivity index (χ3v) is 5.69. The van der Waals surface area contributed by atoms with Gasteiger partial charge in [-0.05, 0) is 30.0 Å². The standard InChI is InChI=1S/C18H20N2O3S2/c1-20(25(22,23)13-12-15-8-4-3-5-9-15)14-18(21)19-16-10-6-7-11-17(16)24-2/h3-13H,14H2,1-2H3,(H,19,21)/b13-12+. The lowest BCUT2D eigenvalue weighted by Gasteiger charge is -2.15. The minimum absolute atomic E-state index is 0.260. The number of carbonyl (C=O) groups is 1. The van der Waals surface area contributed by atoms with Crippen LogP contribution in [0.5, 0.6) is 0 Å². The van der Waals surface area contributed by atoms with E-state index in [4.69, 9.17) is 0 Å². The second-order valence-electron chi connectivity index (χ2n) is 5.26.